The average molecular weight is 284 g/mol. The predicted molar refractivity (Wildman–Crippen MR) is 78.7 cm³/mol. The van der Waals surface area contributed by atoms with Crippen LogP contribution in [0.2, 0.25) is 0 Å². The first-order valence-corrected chi connectivity index (χ1v) is 7.74. The fourth-order valence-electron chi connectivity index (χ4n) is 3.32. The van der Waals surface area contributed by atoms with Crippen molar-refractivity contribution in [2.24, 2.45) is 11.1 Å². The molecule has 2 aliphatic carbocycles. The van der Waals surface area contributed by atoms with Gasteiger partial charge in [-0.05, 0) is 25.7 Å². The number of rotatable bonds is 5. The first kappa shape index (κ1) is 14.7. The van der Waals surface area contributed by atoms with Gasteiger partial charge in [-0.3, -0.25) is 4.79 Å². The smallest absolute Gasteiger partial charge is 0.235 e. The third-order valence-electron chi connectivity index (χ3n) is 4.71. The van der Waals surface area contributed by atoms with Crippen LogP contribution in [-0.4, -0.2) is 40.1 Å². The van der Waals surface area contributed by atoms with Crippen molar-refractivity contribution in [1.29, 1.82) is 0 Å². The summed E-state index contributed by atoms with van der Waals surface area (Å²) in [5.74, 6) is 0.0622. The molecule has 0 aromatic carbocycles. The molecule has 0 heterocycles. The van der Waals surface area contributed by atoms with Gasteiger partial charge in [-0.15, -0.1) is 0 Å². The zero-order chi connectivity index (χ0) is 13.9. The van der Waals surface area contributed by atoms with Crippen molar-refractivity contribution in [3.8, 4) is 0 Å². The van der Waals surface area contributed by atoms with Crippen LogP contribution in [0.3, 0.4) is 0 Å². The summed E-state index contributed by atoms with van der Waals surface area (Å²) in [6, 6.07) is 0.264. The van der Waals surface area contributed by atoms with Gasteiger partial charge in [-0.25, -0.2) is 0 Å². The lowest BCUT2D eigenvalue weighted by molar-refractivity contribution is -0.145. The van der Waals surface area contributed by atoms with Gasteiger partial charge in [-0.1, -0.05) is 37.9 Å². The van der Waals surface area contributed by atoms with Gasteiger partial charge in [0.15, 0.2) is 0 Å². The highest BCUT2D eigenvalue weighted by Crippen LogP contribution is 2.43. The number of hydrogen-bond acceptors (Lipinski definition) is 3. The topological polar surface area (TPSA) is 66.6 Å². The standard InChI is InChI=1S/C14H24N2O2S/c15-12(19)14(7-4-8-14)13(18)16(9-10-17)11-5-2-1-3-6-11/h11,17H,1-10H2,(H2,15,19). The van der Waals surface area contributed by atoms with Gasteiger partial charge in [0.1, 0.15) is 0 Å². The van der Waals surface area contributed by atoms with Crippen molar-refractivity contribution in [2.45, 2.75) is 57.4 Å². The number of aliphatic hydroxyl groups excluding tert-OH is 1. The van der Waals surface area contributed by atoms with Crippen molar-refractivity contribution in [3.63, 3.8) is 0 Å². The van der Waals surface area contributed by atoms with E-state index in [4.69, 9.17) is 18.0 Å². The summed E-state index contributed by atoms with van der Waals surface area (Å²) in [6.07, 6.45) is 8.22. The Morgan fingerprint density at radius 1 is 1.26 bits per heavy atom. The fourth-order valence-corrected chi connectivity index (χ4v) is 3.61. The number of carbonyl (C=O) groups is 1. The zero-order valence-electron chi connectivity index (χ0n) is 11.4. The van der Waals surface area contributed by atoms with Gasteiger partial charge in [0.05, 0.1) is 17.0 Å². The molecule has 0 saturated heterocycles. The van der Waals surface area contributed by atoms with E-state index in [0.717, 1.165) is 32.1 Å². The molecule has 4 nitrogen and oxygen atoms in total. The Morgan fingerprint density at radius 3 is 2.32 bits per heavy atom. The maximum Gasteiger partial charge on any atom is 0.235 e. The molecule has 0 aromatic rings. The Balaban J connectivity index is 2.13. The second kappa shape index (κ2) is 6.18. The molecule has 0 aromatic heterocycles. The number of nitrogens with zero attached hydrogens (tertiary/aromatic N) is 1. The molecule has 0 unspecified atom stereocenters. The Morgan fingerprint density at radius 2 is 1.89 bits per heavy atom. The summed E-state index contributed by atoms with van der Waals surface area (Å²) in [5.41, 5.74) is 5.21. The predicted octanol–water partition coefficient (Wildman–Crippen LogP) is 1.60. The minimum Gasteiger partial charge on any atom is -0.395 e. The molecule has 0 aliphatic heterocycles. The summed E-state index contributed by atoms with van der Waals surface area (Å²) in [4.78, 5) is 15.0. The van der Waals surface area contributed by atoms with Crippen LogP contribution < -0.4 is 5.73 Å². The van der Waals surface area contributed by atoms with Crippen molar-refractivity contribution >= 4 is 23.1 Å². The first-order valence-electron chi connectivity index (χ1n) is 7.33. The van der Waals surface area contributed by atoms with Crippen LogP contribution in [0.1, 0.15) is 51.4 Å². The Hall–Kier alpha value is -0.680. The van der Waals surface area contributed by atoms with Crippen LogP contribution in [0.5, 0.6) is 0 Å². The molecular weight excluding hydrogens is 260 g/mol. The van der Waals surface area contributed by atoms with Crippen LogP contribution in [-0.2, 0) is 4.79 Å². The van der Waals surface area contributed by atoms with E-state index in [1.165, 1.54) is 19.3 Å². The number of carbonyl (C=O) groups excluding carboxylic acids is 1. The Bertz CT molecular complexity index is 349. The average Bonchev–Trinajstić information content (AvgIpc) is 2.35. The molecule has 2 rings (SSSR count). The van der Waals surface area contributed by atoms with E-state index in [-0.39, 0.29) is 18.6 Å². The molecule has 0 spiro atoms. The lowest BCUT2D eigenvalue weighted by atomic mass is 9.67. The van der Waals surface area contributed by atoms with E-state index in [0.29, 0.717) is 11.5 Å². The monoisotopic (exact) mass is 284 g/mol. The van der Waals surface area contributed by atoms with Gasteiger partial charge in [-0.2, -0.15) is 0 Å². The second-order valence-electron chi connectivity index (χ2n) is 5.81. The minimum absolute atomic E-state index is 0.00958. The van der Waals surface area contributed by atoms with Crippen LogP contribution in [0, 0.1) is 5.41 Å². The normalized spacial score (nSPS) is 22.6. The van der Waals surface area contributed by atoms with Crippen LogP contribution in [0.4, 0.5) is 0 Å². The van der Waals surface area contributed by atoms with Crippen molar-refractivity contribution in [1.82, 2.24) is 4.90 Å². The van der Waals surface area contributed by atoms with Crippen molar-refractivity contribution in [3.05, 3.63) is 0 Å². The number of hydrogen-bond donors (Lipinski definition) is 2. The van der Waals surface area contributed by atoms with Crippen LogP contribution in [0.25, 0.3) is 0 Å². The summed E-state index contributed by atoms with van der Waals surface area (Å²) < 4.78 is 0. The zero-order valence-corrected chi connectivity index (χ0v) is 12.3. The van der Waals surface area contributed by atoms with E-state index in [2.05, 4.69) is 0 Å². The molecule has 2 aliphatic rings. The number of aliphatic hydroxyl groups is 1. The number of thiocarbonyl (C=S) groups is 1. The molecule has 5 heteroatoms. The highest BCUT2D eigenvalue weighted by Gasteiger charge is 2.49. The van der Waals surface area contributed by atoms with Crippen molar-refractivity contribution < 1.29 is 9.90 Å². The highest BCUT2D eigenvalue weighted by molar-refractivity contribution is 7.80. The summed E-state index contributed by atoms with van der Waals surface area (Å²) in [5, 5.41) is 9.25. The molecule has 108 valence electrons. The van der Waals surface area contributed by atoms with Gasteiger partial charge in [0.25, 0.3) is 0 Å². The third-order valence-corrected chi connectivity index (χ3v) is 5.10. The lowest BCUT2D eigenvalue weighted by Crippen LogP contribution is -2.57. The fraction of sp³-hybridized carbons (Fsp3) is 0.857. The largest absolute Gasteiger partial charge is 0.395 e. The number of amides is 1. The van der Waals surface area contributed by atoms with E-state index in [9.17, 15) is 9.90 Å². The molecule has 19 heavy (non-hydrogen) atoms. The minimum atomic E-state index is -0.609. The maximum atomic E-state index is 12.8. The number of nitrogens with two attached hydrogens (primary N) is 1. The third kappa shape index (κ3) is 2.77. The molecule has 1 amide bonds. The summed E-state index contributed by atoms with van der Waals surface area (Å²) >= 11 is 5.13. The Labute approximate surface area is 120 Å². The molecule has 2 fully saturated rings. The van der Waals surface area contributed by atoms with Gasteiger partial charge >= 0.3 is 0 Å². The SMILES string of the molecule is NC(=S)C1(C(=O)N(CCO)C2CCCCC2)CCC1. The molecule has 0 atom stereocenters. The van der Waals surface area contributed by atoms with Gasteiger partial charge in [0, 0.05) is 12.6 Å². The first-order chi connectivity index (χ1) is 9.12. The van der Waals surface area contributed by atoms with E-state index in [1.54, 1.807) is 0 Å². The van der Waals surface area contributed by atoms with Gasteiger partial charge in [0.2, 0.25) is 5.91 Å². The lowest BCUT2D eigenvalue weighted by Gasteiger charge is -2.45. The summed E-state index contributed by atoms with van der Waals surface area (Å²) in [7, 11) is 0. The molecule has 0 bridgehead atoms. The van der Waals surface area contributed by atoms with E-state index in [1.807, 2.05) is 4.90 Å². The summed E-state index contributed by atoms with van der Waals surface area (Å²) in [6.45, 7) is 0.420. The molecule has 0 radical (unpaired) electrons. The second-order valence-corrected chi connectivity index (χ2v) is 6.25. The van der Waals surface area contributed by atoms with Crippen molar-refractivity contribution in [2.75, 3.05) is 13.2 Å². The van der Waals surface area contributed by atoms with E-state index < -0.39 is 5.41 Å². The molecule has 2 saturated carbocycles. The maximum absolute atomic E-state index is 12.8. The molecule has 3 N–H and O–H groups in total. The highest BCUT2D eigenvalue weighted by atomic mass is 32.1. The Kier molecular flexibility index (Phi) is 4.79. The van der Waals surface area contributed by atoms with E-state index >= 15 is 0 Å². The van der Waals surface area contributed by atoms with Crippen LogP contribution >= 0.6 is 12.2 Å². The van der Waals surface area contributed by atoms with Gasteiger partial charge < -0.3 is 15.7 Å². The quantitative estimate of drug-likeness (QED) is 0.753. The molecular formula is C14H24N2O2S. The van der Waals surface area contributed by atoms with Crippen LogP contribution in [0.15, 0.2) is 0 Å².